The van der Waals surface area contributed by atoms with E-state index >= 15 is 0 Å². The first kappa shape index (κ1) is 16.3. The molecule has 0 heterocycles. The molecule has 0 saturated heterocycles. The van der Waals surface area contributed by atoms with Crippen LogP contribution in [0.3, 0.4) is 0 Å². The lowest BCUT2D eigenvalue weighted by Crippen LogP contribution is -2.24. The molecule has 0 atom stereocenters. The molecule has 0 spiro atoms. The van der Waals surface area contributed by atoms with Crippen LogP contribution in [0.2, 0.25) is 0 Å². The van der Waals surface area contributed by atoms with Crippen LogP contribution < -0.4 is 20.1 Å². The Hall–Kier alpha value is -1.79. The second-order valence-corrected chi connectivity index (χ2v) is 4.11. The summed E-state index contributed by atoms with van der Waals surface area (Å²) in [6.45, 7) is 1.96. The molecule has 0 aromatic heterocycles. The highest BCUT2D eigenvalue weighted by Crippen LogP contribution is 2.28. The normalized spacial score (nSPS) is 10.2. The smallest absolute Gasteiger partial charge is 0.225 e. The molecule has 0 fully saturated rings. The zero-order chi connectivity index (χ0) is 14.8. The molecule has 0 aliphatic rings. The fourth-order valence-electron chi connectivity index (χ4n) is 1.63. The van der Waals surface area contributed by atoms with Gasteiger partial charge in [-0.3, -0.25) is 4.79 Å². The molecule has 6 heteroatoms. The Kier molecular flexibility index (Phi) is 7.46. The number of carbonyl (C=O) groups excluding carboxylic acids is 1. The summed E-state index contributed by atoms with van der Waals surface area (Å²) in [5, 5.41) is 5.92. The number of amides is 1. The molecule has 0 aliphatic carbocycles. The summed E-state index contributed by atoms with van der Waals surface area (Å²) in [5.74, 6) is 1.19. The van der Waals surface area contributed by atoms with E-state index in [9.17, 15) is 4.79 Å². The van der Waals surface area contributed by atoms with E-state index in [4.69, 9.17) is 14.2 Å². The number of hydrogen-bond acceptors (Lipinski definition) is 5. The molecular formula is C14H22N2O4. The molecular weight excluding hydrogens is 260 g/mol. The van der Waals surface area contributed by atoms with Crippen LogP contribution in [-0.2, 0) is 9.53 Å². The molecule has 0 radical (unpaired) electrons. The largest absolute Gasteiger partial charge is 0.497 e. The number of anilines is 1. The number of benzene rings is 1. The molecule has 0 saturated carbocycles. The Morgan fingerprint density at radius 1 is 1.15 bits per heavy atom. The third kappa shape index (κ3) is 5.46. The fraction of sp³-hybridized carbons (Fsp3) is 0.500. The van der Waals surface area contributed by atoms with Gasteiger partial charge in [-0.15, -0.1) is 0 Å². The van der Waals surface area contributed by atoms with Gasteiger partial charge in [-0.05, 0) is 12.1 Å². The van der Waals surface area contributed by atoms with Crippen molar-refractivity contribution in [2.75, 3.05) is 46.3 Å². The molecule has 2 N–H and O–H groups in total. The molecule has 0 aliphatic heterocycles. The topological polar surface area (TPSA) is 68.8 Å². The molecule has 1 rings (SSSR count). The van der Waals surface area contributed by atoms with E-state index in [1.54, 1.807) is 39.5 Å². The van der Waals surface area contributed by atoms with Crippen LogP contribution in [0, 0.1) is 0 Å². The maximum atomic E-state index is 11.8. The van der Waals surface area contributed by atoms with Crippen molar-refractivity contribution in [3.05, 3.63) is 18.2 Å². The van der Waals surface area contributed by atoms with Gasteiger partial charge in [0.2, 0.25) is 5.91 Å². The van der Waals surface area contributed by atoms with E-state index in [0.717, 1.165) is 6.54 Å². The first-order valence-electron chi connectivity index (χ1n) is 6.42. The van der Waals surface area contributed by atoms with Gasteiger partial charge in [0.25, 0.3) is 0 Å². The minimum Gasteiger partial charge on any atom is -0.497 e. The monoisotopic (exact) mass is 282 g/mol. The highest BCUT2D eigenvalue weighted by Gasteiger charge is 2.08. The Morgan fingerprint density at radius 3 is 2.60 bits per heavy atom. The Bertz CT molecular complexity index is 424. The number of hydrogen-bond donors (Lipinski definition) is 2. The molecule has 0 bridgehead atoms. The molecule has 20 heavy (non-hydrogen) atoms. The van der Waals surface area contributed by atoms with Gasteiger partial charge in [0, 0.05) is 32.7 Å². The Morgan fingerprint density at radius 2 is 1.95 bits per heavy atom. The molecule has 1 aromatic rings. The van der Waals surface area contributed by atoms with Gasteiger partial charge in [0.05, 0.1) is 26.5 Å². The van der Waals surface area contributed by atoms with Crippen molar-refractivity contribution in [1.29, 1.82) is 0 Å². The molecule has 1 aromatic carbocycles. The summed E-state index contributed by atoms with van der Waals surface area (Å²) in [7, 11) is 4.78. The van der Waals surface area contributed by atoms with Crippen LogP contribution in [0.1, 0.15) is 6.42 Å². The number of nitrogens with one attached hydrogen (secondary N) is 2. The van der Waals surface area contributed by atoms with Crippen LogP contribution in [0.4, 0.5) is 5.69 Å². The van der Waals surface area contributed by atoms with Gasteiger partial charge >= 0.3 is 0 Å². The minimum absolute atomic E-state index is 0.0820. The van der Waals surface area contributed by atoms with Gasteiger partial charge in [-0.1, -0.05) is 0 Å². The van der Waals surface area contributed by atoms with Crippen molar-refractivity contribution >= 4 is 11.6 Å². The van der Waals surface area contributed by atoms with Gasteiger partial charge in [-0.25, -0.2) is 0 Å². The van der Waals surface area contributed by atoms with Gasteiger partial charge in [-0.2, -0.15) is 0 Å². The summed E-state index contributed by atoms with van der Waals surface area (Å²) >= 11 is 0. The number of methoxy groups -OCH3 is 3. The standard InChI is InChI=1S/C14H22N2O4/c1-18-9-8-15-7-6-14(17)16-12-10-11(19-2)4-5-13(12)20-3/h4-5,10,15H,6-9H2,1-3H3,(H,16,17). The zero-order valence-electron chi connectivity index (χ0n) is 12.2. The van der Waals surface area contributed by atoms with Crippen molar-refractivity contribution < 1.29 is 19.0 Å². The van der Waals surface area contributed by atoms with Gasteiger partial charge < -0.3 is 24.8 Å². The zero-order valence-corrected chi connectivity index (χ0v) is 12.2. The van der Waals surface area contributed by atoms with Crippen molar-refractivity contribution in [3.8, 4) is 11.5 Å². The lowest BCUT2D eigenvalue weighted by molar-refractivity contribution is -0.116. The lowest BCUT2D eigenvalue weighted by atomic mass is 10.2. The fourth-order valence-corrected chi connectivity index (χ4v) is 1.63. The highest BCUT2D eigenvalue weighted by molar-refractivity contribution is 5.92. The van der Waals surface area contributed by atoms with E-state index in [2.05, 4.69) is 10.6 Å². The van der Waals surface area contributed by atoms with E-state index in [-0.39, 0.29) is 5.91 Å². The average molecular weight is 282 g/mol. The average Bonchev–Trinajstić information content (AvgIpc) is 2.47. The highest BCUT2D eigenvalue weighted by atomic mass is 16.5. The Labute approximate surface area is 119 Å². The van der Waals surface area contributed by atoms with E-state index in [1.165, 1.54) is 0 Å². The SMILES string of the molecule is COCCNCCC(=O)Nc1cc(OC)ccc1OC. The third-order valence-corrected chi connectivity index (χ3v) is 2.69. The van der Waals surface area contributed by atoms with E-state index < -0.39 is 0 Å². The maximum Gasteiger partial charge on any atom is 0.225 e. The van der Waals surface area contributed by atoms with Crippen LogP contribution in [0.15, 0.2) is 18.2 Å². The van der Waals surface area contributed by atoms with Crippen LogP contribution in [-0.4, -0.2) is 46.9 Å². The first-order valence-corrected chi connectivity index (χ1v) is 6.42. The summed E-state index contributed by atoms with van der Waals surface area (Å²) in [6.07, 6.45) is 0.379. The summed E-state index contributed by atoms with van der Waals surface area (Å²) < 4.78 is 15.2. The second kappa shape index (κ2) is 9.17. The maximum absolute atomic E-state index is 11.8. The summed E-state index contributed by atoms with van der Waals surface area (Å²) in [4.78, 5) is 11.8. The molecule has 112 valence electrons. The van der Waals surface area contributed by atoms with Crippen molar-refractivity contribution in [2.24, 2.45) is 0 Å². The summed E-state index contributed by atoms with van der Waals surface area (Å²) in [6, 6.07) is 5.27. The van der Waals surface area contributed by atoms with Crippen molar-refractivity contribution in [3.63, 3.8) is 0 Å². The van der Waals surface area contributed by atoms with Gasteiger partial charge in [0.15, 0.2) is 0 Å². The van der Waals surface area contributed by atoms with E-state index in [0.29, 0.717) is 36.8 Å². The van der Waals surface area contributed by atoms with Crippen molar-refractivity contribution in [2.45, 2.75) is 6.42 Å². The van der Waals surface area contributed by atoms with Crippen LogP contribution in [0.25, 0.3) is 0 Å². The minimum atomic E-state index is -0.0820. The lowest BCUT2D eigenvalue weighted by Gasteiger charge is -2.12. The molecule has 0 unspecified atom stereocenters. The van der Waals surface area contributed by atoms with Crippen LogP contribution >= 0.6 is 0 Å². The Balaban J connectivity index is 2.48. The summed E-state index contributed by atoms with van der Waals surface area (Å²) in [5.41, 5.74) is 0.605. The second-order valence-electron chi connectivity index (χ2n) is 4.11. The predicted octanol–water partition coefficient (Wildman–Crippen LogP) is 1.27. The number of ether oxygens (including phenoxy) is 3. The predicted molar refractivity (Wildman–Crippen MR) is 77.5 cm³/mol. The van der Waals surface area contributed by atoms with Crippen molar-refractivity contribution in [1.82, 2.24) is 5.32 Å². The third-order valence-electron chi connectivity index (χ3n) is 2.69. The molecule has 1 amide bonds. The quantitative estimate of drug-likeness (QED) is 0.668. The number of rotatable bonds is 9. The van der Waals surface area contributed by atoms with E-state index in [1.807, 2.05) is 0 Å². The molecule has 6 nitrogen and oxygen atoms in total. The van der Waals surface area contributed by atoms with Crippen LogP contribution in [0.5, 0.6) is 11.5 Å². The van der Waals surface area contributed by atoms with Gasteiger partial charge in [0.1, 0.15) is 11.5 Å². The number of carbonyl (C=O) groups is 1. The first-order chi connectivity index (χ1) is 9.71.